The Morgan fingerprint density at radius 1 is 1.35 bits per heavy atom. The van der Waals surface area contributed by atoms with Gasteiger partial charge in [0.15, 0.2) is 23.1 Å². The second-order valence-corrected chi connectivity index (χ2v) is 7.50. The molecule has 3 aromatic rings. The first-order valence-electron chi connectivity index (χ1n) is 8.11. The van der Waals surface area contributed by atoms with Crippen molar-refractivity contribution < 1.29 is 4.39 Å². The lowest BCUT2D eigenvalue weighted by Gasteiger charge is -2.28. The van der Waals surface area contributed by atoms with Gasteiger partial charge in [0.1, 0.15) is 0 Å². The van der Waals surface area contributed by atoms with Crippen molar-refractivity contribution in [1.29, 1.82) is 0 Å². The predicted molar refractivity (Wildman–Crippen MR) is 114 cm³/mol. The van der Waals surface area contributed by atoms with Crippen LogP contribution in [0, 0.1) is 5.82 Å². The summed E-state index contributed by atoms with van der Waals surface area (Å²) in [4.78, 5) is 12.9. The van der Waals surface area contributed by atoms with Crippen LogP contribution in [0.2, 0.25) is 5.02 Å². The number of nitrogens with one attached hydrogen (secondary N) is 2. The molecule has 4 heterocycles. The van der Waals surface area contributed by atoms with E-state index in [2.05, 4.69) is 46.8 Å². The highest BCUT2D eigenvalue weighted by Crippen LogP contribution is 2.34. The maximum atomic E-state index is 14.0. The fourth-order valence-corrected chi connectivity index (χ4v) is 3.88. The molecule has 26 heavy (non-hydrogen) atoms. The van der Waals surface area contributed by atoms with Crippen LogP contribution in [0.1, 0.15) is 13.8 Å². The maximum absolute atomic E-state index is 14.0. The second-order valence-electron chi connectivity index (χ2n) is 5.35. The molecule has 1 saturated heterocycles. The van der Waals surface area contributed by atoms with Gasteiger partial charge in [0.05, 0.1) is 17.3 Å². The Balaban J connectivity index is 0.000000948. The molecular weight excluding hydrogens is 490 g/mol. The fraction of sp³-hybridized carbons (Fsp3) is 0.312. The van der Waals surface area contributed by atoms with Crippen molar-refractivity contribution in [3.05, 3.63) is 35.5 Å². The highest BCUT2D eigenvalue weighted by atomic mass is 127. The molecule has 0 amide bonds. The third kappa shape index (κ3) is 3.90. The summed E-state index contributed by atoms with van der Waals surface area (Å²) in [6, 6.07) is 2.00. The number of hydrogen-bond acceptors (Lipinski definition) is 6. The average Bonchev–Trinajstić information content (AvgIpc) is 2.99. The SMILES string of the molecule is CC.Fc1cnc(-c2cn(SI)c3ncc(Cl)cc23)nc1NC1CNC1. The van der Waals surface area contributed by atoms with Gasteiger partial charge in [-0.3, -0.25) is 3.97 Å². The summed E-state index contributed by atoms with van der Waals surface area (Å²) in [5.74, 6) is 0.183. The lowest BCUT2D eigenvalue weighted by Crippen LogP contribution is -2.51. The summed E-state index contributed by atoms with van der Waals surface area (Å²) < 4.78 is 15.9. The Labute approximate surface area is 172 Å². The predicted octanol–water partition coefficient (Wildman–Crippen LogP) is 4.54. The zero-order chi connectivity index (χ0) is 18.7. The molecule has 0 spiro atoms. The molecule has 1 aliphatic heterocycles. The number of aromatic nitrogens is 4. The lowest BCUT2D eigenvalue weighted by molar-refractivity contribution is 0.467. The van der Waals surface area contributed by atoms with E-state index in [1.54, 1.807) is 6.20 Å². The van der Waals surface area contributed by atoms with E-state index >= 15 is 0 Å². The molecule has 1 fully saturated rings. The van der Waals surface area contributed by atoms with Crippen molar-refractivity contribution in [2.24, 2.45) is 0 Å². The first-order chi connectivity index (χ1) is 12.7. The summed E-state index contributed by atoms with van der Waals surface area (Å²) in [7, 11) is 1.48. The summed E-state index contributed by atoms with van der Waals surface area (Å²) in [6.45, 7) is 5.59. The minimum atomic E-state index is -0.464. The zero-order valence-electron chi connectivity index (χ0n) is 14.1. The van der Waals surface area contributed by atoms with E-state index in [0.717, 1.165) is 29.7 Å². The topological polar surface area (TPSA) is 67.7 Å². The van der Waals surface area contributed by atoms with Crippen LogP contribution in [-0.4, -0.2) is 38.1 Å². The standard InChI is InChI=1S/C14H11ClFIN6S.C2H6/c15-7-1-9-10(6-23(24-17)14(9)20-2-7)12-19-5-11(16)13(22-12)21-8-3-18-4-8;1-2/h1-2,5-6,8,18H,3-4H2,(H,19,21,22);1-2H3. The molecule has 1 aliphatic rings. The Morgan fingerprint density at radius 2 is 2.12 bits per heavy atom. The van der Waals surface area contributed by atoms with E-state index in [0.29, 0.717) is 10.8 Å². The molecule has 0 atom stereocenters. The Hall–Kier alpha value is -1.17. The monoisotopic (exact) mass is 506 g/mol. The van der Waals surface area contributed by atoms with Crippen molar-refractivity contribution in [1.82, 2.24) is 24.2 Å². The molecule has 0 saturated carbocycles. The maximum Gasteiger partial charge on any atom is 0.183 e. The minimum absolute atomic E-state index is 0.185. The van der Waals surface area contributed by atoms with Crippen LogP contribution in [-0.2, 0) is 0 Å². The number of hydrogen-bond donors (Lipinski definition) is 2. The van der Waals surface area contributed by atoms with E-state index in [1.165, 1.54) is 15.3 Å². The molecule has 0 unspecified atom stereocenters. The van der Waals surface area contributed by atoms with Gasteiger partial charge in [0, 0.05) is 66.8 Å². The number of nitrogens with zero attached hydrogens (tertiary/aromatic N) is 4. The van der Waals surface area contributed by atoms with Gasteiger partial charge in [-0.25, -0.2) is 19.3 Å². The van der Waals surface area contributed by atoms with Crippen LogP contribution < -0.4 is 10.6 Å². The number of anilines is 1. The first kappa shape index (κ1) is 19.6. The number of halogens is 3. The van der Waals surface area contributed by atoms with E-state index in [-0.39, 0.29) is 11.9 Å². The lowest BCUT2D eigenvalue weighted by atomic mass is 10.2. The van der Waals surface area contributed by atoms with Crippen molar-refractivity contribution in [3.8, 4) is 11.4 Å². The minimum Gasteiger partial charge on any atom is -0.362 e. The van der Waals surface area contributed by atoms with Crippen LogP contribution in [0.15, 0.2) is 24.7 Å². The third-order valence-corrected chi connectivity index (χ3v) is 5.67. The van der Waals surface area contributed by atoms with Gasteiger partial charge >= 0.3 is 0 Å². The van der Waals surface area contributed by atoms with Gasteiger partial charge in [-0.1, -0.05) is 25.4 Å². The van der Waals surface area contributed by atoms with Gasteiger partial charge in [0.2, 0.25) is 0 Å². The molecule has 10 heteroatoms. The number of fused-ring (bicyclic) bond motifs is 1. The smallest absolute Gasteiger partial charge is 0.183 e. The summed E-state index contributed by atoms with van der Waals surface area (Å²) >= 11 is 8.25. The molecule has 0 aliphatic carbocycles. The Morgan fingerprint density at radius 3 is 2.77 bits per heavy atom. The van der Waals surface area contributed by atoms with E-state index in [4.69, 9.17) is 11.6 Å². The van der Waals surface area contributed by atoms with E-state index in [1.807, 2.05) is 30.1 Å². The van der Waals surface area contributed by atoms with Crippen LogP contribution >= 0.6 is 41.9 Å². The largest absolute Gasteiger partial charge is 0.362 e. The quantitative estimate of drug-likeness (QED) is 0.507. The third-order valence-electron chi connectivity index (χ3n) is 3.76. The van der Waals surface area contributed by atoms with Crippen LogP contribution in [0.5, 0.6) is 0 Å². The summed E-state index contributed by atoms with van der Waals surface area (Å²) in [5.41, 5.74) is 1.53. The molecule has 0 aromatic carbocycles. The molecule has 0 bridgehead atoms. The molecular formula is C16H17ClFIN6S. The fourth-order valence-electron chi connectivity index (χ4n) is 2.47. The van der Waals surface area contributed by atoms with Crippen molar-refractivity contribution in [2.45, 2.75) is 19.9 Å². The highest BCUT2D eigenvalue weighted by Gasteiger charge is 2.20. The van der Waals surface area contributed by atoms with E-state index < -0.39 is 5.82 Å². The van der Waals surface area contributed by atoms with Crippen molar-refractivity contribution in [2.75, 3.05) is 18.4 Å². The van der Waals surface area contributed by atoms with E-state index in [9.17, 15) is 4.39 Å². The molecule has 4 rings (SSSR count). The van der Waals surface area contributed by atoms with Crippen molar-refractivity contribution >= 4 is 58.8 Å². The molecule has 2 N–H and O–H groups in total. The normalized spacial score (nSPS) is 13.9. The van der Waals surface area contributed by atoms with Gasteiger partial charge < -0.3 is 10.6 Å². The number of rotatable bonds is 4. The van der Waals surface area contributed by atoms with Crippen LogP contribution in [0.3, 0.4) is 0 Å². The number of pyridine rings is 1. The van der Waals surface area contributed by atoms with Gasteiger partial charge in [0.25, 0.3) is 0 Å². The van der Waals surface area contributed by atoms with Gasteiger partial charge in [-0.2, -0.15) is 0 Å². The first-order valence-corrected chi connectivity index (χ1v) is 11.8. The van der Waals surface area contributed by atoms with Crippen LogP contribution in [0.25, 0.3) is 22.4 Å². The van der Waals surface area contributed by atoms with Crippen molar-refractivity contribution in [3.63, 3.8) is 0 Å². The molecule has 138 valence electrons. The Bertz CT molecular complexity index is 917. The Kier molecular flexibility index (Phi) is 6.54. The summed E-state index contributed by atoms with van der Waals surface area (Å²) in [6.07, 6.45) is 4.67. The average molecular weight is 507 g/mol. The molecule has 0 radical (unpaired) electrons. The zero-order valence-corrected chi connectivity index (χ0v) is 17.9. The van der Waals surface area contributed by atoms with Crippen LogP contribution in [0.4, 0.5) is 10.2 Å². The second kappa shape index (κ2) is 8.68. The highest BCUT2D eigenvalue weighted by molar-refractivity contribution is 14.2. The molecule has 6 nitrogen and oxygen atoms in total. The summed E-state index contributed by atoms with van der Waals surface area (Å²) in [5, 5.41) is 7.58. The van der Waals surface area contributed by atoms with Gasteiger partial charge in [-0.05, 0) is 6.07 Å². The van der Waals surface area contributed by atoms with Gasteiger partial charge in [-0.15, -0.1) is 0 Å². The molecule has 3 aromatic heterocycles.